The summed E-state index contributed by atoms with van der Waals surface area (Å²) in [6.07, 6.45) is 7.85. The second-order valence-corrected chi connectivity index (χ2v) is 5.57. The molecular weight excluding hydrogens is 208 g/mol. The molecule has 17 heavy (non-hydrogen) atoms. The number of hydrogen-bond donors (Lipinski definition) is 1. The van der Waals surface area contributed by atoms with E-state index >= 15 is 0 Å². The van der Waals surface area contributed by atoms with Gasteiger partial charge in [-0.3, -0.25) is 4.98 Å². The minimum Gasteiger partial charge on any atom is -0.313 e. The molecule has 94 valence electrons. The molecule has 2 nitrogen and oxygen atoms in total. The van der Waals surface area contributed by atoms with Gasteiger partial charge in [0.05, 0.1) is 0 Å². The van der Waals surface area contributed by atoms with E-state index in [1.807, 2.05) is 12.4 Å². The van der Waals surface area contributed by atoms with Crippen molar-refractivity contribution < 1.29 is 0 Å². The van der Waals surface area contributed by atoms with E-state index in [4.69, 9.17) is 0 Å². The van der Waals surface area contributed by atoms with Gasteiger partial charge in [0, 0.05) is 18.4 Å². The minimum atomic E-state index is 0.493. The van der Waals surface area contributed by atoms with Gasteiger partial charge >= 0.3 is 0 Å². The Morgan fingerprint density at radius 2 is 1.88 bits per heavy atom. The number of pyridine rings is 1. The Balaban J connectivity index is 2.09. The zero-order valence-electron chi connectivity index (χ0n) is 11.2. The number of rotatable bonds is 3. The highest BCUT2D eigenvalue weighted by Gasteiger charge is 2.30. The van der Waals surface area contributed by atoms with E-state index in [0.29, 0.717) is 6.04 Å². The Morgan fingerprint density at radius 1 is 1.18 bits per heavy atom. The summed E-state index contributed by atoms with van der Waals surface area (Å²) in [6, 6.07) is 4.78. The second-order valence-electron chi connectivity index (χ2n) is 5.57. The predicted molar refractivity (Wildman–Crippen MR) is 71.7 cm³/mol. The van der Waals surface area contributed by atoms with Crippen LogP contribution in [0.25, 0.3) is 0 Å². The molecule has 0 amide bonds. The lowest BCUT2D eigenvalue weighted by Crippen LogP contribution is -2.31. The topological polar surface area (TPSA) is 24.9 Å². The molecule has 4 atom stereocenters. The van der Waals surface area contributed by atoms with Gasteiger partial charge in [0.25, 0.3) is 0 Å². The van der Waals surface area contributed by atoms with Crippen molar-refractivity contribution in [3.8, 4) is 0 Å². The van der Waals surface area contributed by atoms with Crippen molar-refractivity contribution in [2.45, 2.75) is 39.2 Å². The monoisotopic (exact) mass is 232 g/mol. The molecule has 0 spiro atoms. The van der Waals surface area contributed by atoms with E-state index in [2.05, 4.69) is 43.3 Å². The Labute approximate surface area is 105 Å². The van der Waals surface area contributed by atoms with Crippen LogP contribution in [0.1, 0.15) is 44.7 Å². The van der Waals surface area contributed by atoms with Gasteiger partial charge in [0.1, 0.15) is 0 Å². The standard InChI is InChI=1S/C15H24N2/c1-11-4-5-14(10-12(11)2)15(16-3)13-6-8-17-9-7-13/h6-9,11-12,14-16H,4-5,10H2,1-3H3. The van der Waals surface area contributed by atoms with Gasteiger partial charge in [0.15, 0.2) is 0 Å². The van der Waals surface area contributed by atoms with Gasteiger partial charge < -0.3 is 5.32 Å². The van der Waals surface area contributed by atoms with Crippen LogP contribution in [0.5, 0.6) is 0 Å². The molecule has 1 aliphatic carbocycles. The van der Waals surface area contributed by atoms with E-state index in [9.17, 15) is 0 Å². The summed E-state index contributed by atoms with van der Waals surface area (Å²) in [5.41, 5.74) is 1.38. The van der Waals surface area contributed by atoms with E-state index in [0.717, 1.165) is 17.8 Å². The zero-order chi connectivity index (χ0) is 12.3. The maximum Gasteiger partial charge on any atom is 0.0347 e. The number of hydrogen-bond acceptors (Lipinski definition) is 2. The van der Waals surface area contributed by atoms with Crippen molar-refractivity contribution in [2.75, 3.05) is 7.05 Å². The quantitative estimate of drug-likeness (QED) is 0.864. The molecule has 1 fully saturated rings. The summed E-state index contributed by atoms with van der Waals surface area (Å²) >= 11 is 0. The maximum absolute atomic E-state index is 4.11. The summed E-state index contributed by atoms with van der Waals surface area (Å²) in [5, 5.41) is 3.50. The van der Waals surface area contributed by atoms with Crippen LogP contribution in [0.15, 0.2) is 24.5 Å². The molecule has 4 unspecified atom stereocenters. The second kappa shape index (κ2) is 5.63. The Hall–Kier alpha value is -0.890. The van der Waals surface area contributed by atoms with Gasteiger partial charge in [-0.05, 0) is 55.3 Å². The first-order valence-electron chi connectivity index (χ1n) is 6.79. The van der Waals surface area contributed by atoms with Crippen molar-refractivity contribution >= 4 is 0 Å². The lowest BCUT2D eigenvalue weighted by atomic mass is 9.72. The summed E-state index contributed by atoms with van der Waals surface area (Å²) in [4.78, 5) is 4.11. The molecule has 1 aliphatic rings. The van der Waals surface area contributed by atoms with Gasteiger partial charge in [-0.15, -0.1) is 0 Å². The summed E-state index contributed by atoms with van der Waals surface area (Å²) in [5.74, 6) is 2.52. The van der Waals surface area contributed by atoms with Crippen LogP contribution < -0.4 is 5.32 Å². The molecule has 1 aromatic rings. The molecule has 0 bridgehead atoms. The maximum atomic E-state index is 4.11. The average molecular weight is 232 g/mol. The fourth-order valence-electron chi connectivity index (χ4n) is 3.14. The van der Waals surface area contributed by atoms with Gasteiger partial charge in [-0.2, -0.15) is 0 Å². The van der Waals surface area contributed by atoms with Crippen LogP contribution in [0, 0.1) is 17.8 Å². The number of nitrogens with zero attached hydrogens (tertiary/aromatic N) is 1. The zero-order valence-corrected chi connectivity index (χ0v) is 11.2. The Kier molecular flexibility index (Phi) is 4.16. The normalized spacial score (nSPS) is 31.1. The summed E-state index contributed by atoms with van der Waals surface area (Å²) in [7, 11) is 2.08. The molecule has 1 saturated carbocycles. The largest absolute Gasteiger partial charge is 0.313 e. The average Bonchev–Trinajstić information content (AvgIpc) is 2.36. The molecule has 1 N–H and O–H groups in total. The molecule has 0 aromatic carbocycles. The van der Waals surface area contributed by atoms with E-state index in [1.165, 1.54) is 24.8 Å². The third kappa shape index (κ3) is 2.86. The number of aromatic nitrogens is 1. The van der Waals surface area contributed by atoms with Crippen molar-refractivity contribution in [3.63, 3.8) is 0 Å². The van der Waals surface area contributed by atoms with Crippen LogP contribution in [0.4, 0.5) is 0 Å². The number of nitrogens with one attached hydrogen (secondary N) is 1. The first-order valence-corrected chi connectivity index (χ1v) is 6.79. The highest BCUT2D eigenvalue weighted by molar-refractivity contribution is 5.16. The third-order valence-corrected chi connectivity index (χ3v) is 4.49. The van der Waals surface area contributed by atoms with Gasteiger partial charge in [-0.1, -0.05) is 20.3 Å². The van der Waals surface area contributed by atoms with E-state index in [-0.39, 0.29) is 0 Å². The highest BCUT2D eigenvalue weighted by Crippen LogP contribution is 2.39. The predicted octanol–water partition coefficient (Wildman–Crippen LogP) is 3.41. The smallest absolute Gasteiger partial charge is 0.0347 e. The third-order valence-electron chi connectivity index (χ3n) is 4.49. The Bertz CT molecular complexity index is 336. The molecule has 0 radical (unpaired) electrons. The molecular formula is C15H24N2. The lowest BCUT2D eigenvalue weighted by Gasteiger charge is -2.36. The van der Waals surface area contributed by atoms with Crippen molar-refractivity contribution in [1.29, 1.82) is 0 Å². The van der Waals surface area contributed by atoms with Crippen molar-refractivity contribution in [1.82, 2.24) is 10.3 Å². The van der Waals surface area contributed by atoms with Crippen molar-refractivity contribution in [2.24, 2.45) is 17.8 Å². The summed E-state index contributed by atoms with van der Waals surface area (Å²) in [6.45, 7) is 4.79. The lowest BCUT2D eigenvalue weighted by molar-refractivity contribution is 0.174. The van der Waals surface area contributed by atoms with Crippen LogP contribution in [0.3, 0.4) is 0 Å². The van der Waals surface area contributed by atoms with E-state index < -0.39 is 0 Å². The molecule has 0 saturated heterocycles. The fraction of sp³-hybridized carbons (Fsp3) is 0.667. The van der Waals surface area contributed by atoms with Gasteiger partial charge in [-0.25, -0.2) is 0 Å². The molecule has 1 heterocycles. The first kappa shape index (κ1) is 12.6. The minimum absolute atomic E-state index is 0.493. The van der Waals surface area contributed by atoms with Crippen LogP contribution in [0.2, 0.25) is 0 Å². The molecule has 2 rings (SSSR count). The molecule has 0 aliphatic heterocycles. The van der Waals surface area contributed by atoms with Crippen molar-refractivity contribution in [3.05, 3.63) is 30.1 Å². The summed E-state index contributed by atoms with van der Waals surface area (Å²) < 4.78 is 0. The van der Waals surface area contributed by atoms with Crippen LogP contribution in [-0.4, -0.2) is 12.0 Å². The van der Waals surface area contributed by atoms with E-state index in [1.54, 1.807) is 0 Å². The van der Waals surface area contributed by atoms with Gasteiger partial charge in [0.2, 0.25) is 0 Å². The SMILES string of the molecule is CNC(c1ccncc1)C1CCC(C)C(C)C1. The van der Waals surface area contributed by atoms with Crippen LogP contribution >= 0.6 is 0 Å². The van der Waals surface area contributed by atoms with Crippen LogP contribution in [-0.2, 0) is 0 Å². The molecule has 1 aromatic heterocycles. The Morgan fingerprint density at radius 3 is 2.47 bits per heavy atom. The highest BCUT2D eigenvalue weighted by atomic mass is 14.9. The molecule has 2 heteroatoms. The fourth-order valence-corrected chi connectivity index (χ4v) is 3.14. The first-order chi connectivity index (χ1) is 8.22.